The molecular weight excluding hydrogens is 1110 g/mol. The third-order valence-corrected chi connectivity index (χ3v) is 20.0. The second kappa shape index (κ2) is 80.8. The quantitative estimate of drug-likeness (QED) is 0.0320. The third kappa shape index (κ3) is 77.2. The molecule has 1 amide bonds. The van der Waals surface area contributed by atoms with Crippen molar-refractivity contribution in [1.82, 2.24) is 5.32 Å². The summed E-state index contributed by atoms with van der Waals surface area (Å²) in [7, 11) is 0. The minimum atomic E-state index is -0.841. The van der Waals surface area contributed by atoms with Gasteiger partial charge in [-0.2, -0.15) is 0 Å². The molecule has 0 bridgehead atoms. The van der Waals surface area contributed by atoms with Crippen molar-refractivity contribution < 1.29 is 24.5 Å². The van der Waals surface area contributed by atoms with Gasteiger partial charge in [-0.05, 0) is 57.8 Å². The zero-order valence-electron chi connectivity index (χ0n) is 62.1. The Balaban J connectivity index is 3.31. The number of carbonyl (C=O) groups excluding carboxylic acids is 2. The number of ether oxygens (including phenoxy) is 1. The Kier molecular flexibility index (Phi) is 79.3. The van der Waals surface area contributed by atoms with Crippen LogP contribution < -0.4 is 5.32 Å². The van der Waals surface area contributed by atoms with Gasteiger partial charge in [0.25, 0.3) is 0 Å². The maximum atomic E-state index is 12.5. The van der Waals surface area contributed by atoms with Gasteiger partial charge in [-0.3, -0.25) is 9.59 Å². The van der Waals surface area contributed by atoms with Crippen molar-refractivity contribution in [2.24, 2.45) is 0 Å². The van der Waals surface area contributed by atoms with E-state index in [0.717, 1.165) is 44.9 Å². The SMILES string of the molecule is CCCCCCCCC/C=C\CCCCCCCC(=O)OCCCCCCCCCCCCCCCCCCCCCCCCCCCCCCCCCCCCCCCCCC(=O)NC(CO)C(O)/C=C/CCCCCCCCCCCCCCCCCCC. The van der Waals surface area contributed by atoms with Crippen LogP contribution in [0.3, 0.4) is 0 Å². The van der Waals surface area contributed by atoms with E-state index in [-0.39, 0.29) is 18.5 Å². The summed E-state index contributed by atoms with van der Waals surface area (Å²) in [6.45, 7) is 4.95. The van der Waals surface area contributed by atoms with Crippen molar-refractivity contribution in [2.75, 3.05) is 13.2 Å². The van der Waals surface area contributed by atoms with Crippen LogP contribution in [0.15, 0.2) is 24.3 Å². The number of rotatable bonds is 80. The minimum absolute atomic E-state index is 0.0175. The molecule has 3 N–H and O–H groups in total. The average molecular weight is 1280 g/mol. The van der Waals surface area contributed by atoms with Crippen LogP contribution in [0.2, 0.25) is 0 Å². The number of aliphatic hydroxyl groups is 2. The van der Waals surface area contributed by atoms with E-state index in [0.29, 0.717) is 19.4 Å². The molecular formula is C85H165NO5. The molecule has 0 aromatic heterocycles. The number of hydrogen-bond donors (Lipinski definition) is 3. The van der Waals surface area contributed by atoms with E-state index in [4.69, 9.17) is 4.74 Å². The number of allylic oxidation sites excluding steroid dienone is 3. The largest absolute Gasteiger partial charge is 0.466 e. The summed E-state index contributed by atoms with van der Waals surface area (Å²) in [5.41, 5.74) is 0. The highest BCUT2D eigenvalue weighted by Gasteiger charge is 2.18. The topological polar surface area (TPSA) is 95.9 Å². The van der Waals surface area contributed by atoms with Gasteiger partial charge in [0, 0.05) is 12.8 Å². The van der Waals surface area contributed by atoms with Crippen molar-refractivity contribution in [3.05, 3.63) is 24.3 Å². The molecule has 0 fully saturated rings. The molecule has 0 aliphatic carbocycles. The monoisotopic (exact) mass is 1280 g/mol. The number of hydrogen-bond acceptors (Lipinski definition) is 5. The van der Waals surface area contributed by atoms with Gasteiger partial charge >= 0.3 is 5.97 Å². The molecule has 0 spiro atoms. The van der Waals surface area contributed by atoms with E-state index in [1.165, 1.54) is 411 Å². The summed E-state index contributed by atoms with van der Waals surface area (Å²) in [4.78, 5) is 24.6. The smallest absolute Gasteiger partial charge is 0.305 e. The number of carbonyl (C=O) groups is 2. The lowest BCUT2D eigenvalue weighted by Crippen LogP contribution is -2.45. The molecule has 0 aromatic rings. The van der Waals surface area contributed by atoms with Crippen LogP contribution in [-0.2, 0) is 14.3 Å². The predicted octanol–water partition coefficient (Wildman–Crippen LogP) is 28.0. The van der Waals surface area contributed by atoms with Crippen molar-refractivity contribution in [3.8, 4) is 0 Å². The Morgan fingerprint density at radius 2 is 0.516 bits per heavy atom. The highest BCUT2D eigenvalue weighted by Crippen LogP contribution is 2.21. The van der Waals surface area contributed by atoms with Crippen molar-refractivity contribution in [3.63, 3.8) is 0 Å². The highest BCUT2D eigenvalue weighted by atomic mass is 16.5. The summed E-state index contributed by atoms with van der Waals surface area (Å²) in [6.07, 6.45) is 105. The Labute approximate surface area is 571 Å². The van der Waals surface area contributed by atoms with Gasteiger partial charge in [-0.1, -0.05) is 436 Å². The molecule has 2 unspecified atom stereocenters. The van der Waals surface area contributed by atoms with Gasteiger partial charge in [-0.15, -0.1) is 0 Å². The van der Waals surface area contributed by atoms with Crippen molar-refractivity contribution >= 4 is 11.9 Å². The summed E-state index contributed by atoms with van der Waals surface area (Å²) in [6, 6.07) is -0.624. The van der Waals surface area contributed by atoms with Crippen LogP contribution >= 0.6 is 0 Å². The summed E-state index contributed by atoms with van der Waals surface area (Å²) >= 11 is 0. The lowest BCUT2D eigenvalue weighted by atomic mass is 10.0. The van der Waals surface area contributed by atoms with Crippen LogP contribution in [0.4, 0.5) is 0 Å². The second-order valence-electron chi connectivity index (χ2n) is 29.2. The summed E-state index contributed by atoms with van der Waals surface area (Å²) in [5, 5.41) is 23.3. The molecule has 0 aliphatic rings. The van der Waals surface area contributed by atoms with Crippen LogP contribution in [0, 0.1) is 0 Å². The van der Waals surface area contributed by atoms with Gasteiger partial charge in [0.05, 0.1) is 25.4 Å². The Morgan fingerprint density at radius 1 is 0.297 bits per heavy atom. The van der Waals surface area contributed by atoms with E-state index in [2.05, 4.69) is 31.3 Å². The average Bonchev–Trinajstić information content (AvgIpc) is 3.74. The van der Waals surface area contributed by atoms with E-state index in [9.17, 15) is 19.8 Å². The van der Waals surface area contributed by atoms with Gasteiger partial charge in [0.1, 0.15) is 0 Å². The fraction of sp³-hybridized carbons (Fsp3) is 0.929. The number of aliphatic hydroxyl groups excluding tert-OH is 2. The predicted molar refractivity (Wildman–Crippen MR) is 403 cm³/mol. The number of unbranched alkanes of at least 4 members (excludes halogenated alkanes) is 67. The molecule has 6 nitrogen and oxygen atoms in total. The fourth-order valence-electron chi connectivity index (χ4n) is 13.6. The van der Waals surface area contributed by atoms with Crippen LogP contribution in [0.25, 0.3) is 0 Å². The zero-order valence-corrected chi connectivity index (χ0v) is 62.1. The number of esters is 1. The molecule has 0 saturated heterocycles. The van der Waals surface area contributed by atoms with Gasteiger partial charge in [-0.25, -0.2) is 0 Å². The molecule has 540 valence electrons. The maximum absolute atomic E-state index is 12.5. The third-order valence-electron chi connectivity index (χ3n) is 20.0. The Bertz CT molecular complexity index is 1430. The maximum Gasteiger partial charge on any atom is 0.305 e. The van der Waals surface area contributed by atoms with Gasteiger partial charge < -0.3 is 20.3 Å². The number of amides is 1. The highest BCUT2D eigenvalue weighted by molar-refractivity contribution is 5.76. The Morgan fingerprint density at radius 3 is 0.780 bits per heavy atom. The molecule has 6 heteroatoms. The molecule has 0 saturated carbocycles. The first-order valence-electron chi connectivity index (χ1n) is 42.1. The van der Waals surface area contributed by atoms with Crippen molar-refractivity contribution in [2.45, 2.75) is 495 Å². The minimum Gasteiger partial charge on any atom is -0.466 e. The standard InChI is InChI=1S/C85H165NO5/c1-3-5-7-9-11-13-15-17-19-21-43-46-49-53-57-61-65-69-73-77-83(88)82(81-87)86-84(89)78-74-70-66-62-58-54-50-47-44-41-39-37-35-33-31-29-27-25-23-22-24-26-28-30-32-34-36-38-40-42-45-48-52-56-60-64-68-72-76-80-91-85(90)79-75-71-67-63-59-55-51-20-18-16-14-12-10-8-6-4-2/h20,51,73,77,82-83,87-88H,3-19,21-50,52-72,74-76,78-81H2,1-2H3,(H,86,89)/b51-20-,77-73+. The second-order valence-corrected chi connectivity index (χ2v) is 29.2. The van der Waals surface area contributed by atoms with Gasteiger partial charge in [0.2, 0.25) is 5.91 Å². The zero-order chi connectivity index (χ0) is 65.6. The molecule has 2 atom stereocenters. The molecule has 0 rings (SSSR count). The molecule has 0 aromatic carbocycles. The first kappa shape index (κ1) is 89.3. The first-order valence-corrected chi connectivity index (χ1v) is 42.1. The van der Waals surface area contributed by atoms with E-state index >= 15 is 0 Å². The van der Waals surface area contributed by atoms with Crippen LogP contribution in [-0.4, -0.2) is 47.4 Å². The summed E-state index contributed by atoms with van der Waals surface area (Å²) in [5.74, 6) is -0.0397. The molecule has 0 heterocycles. The summed E-state index contributed by atoms with van der Waals surface area (Å²) < 4.78 is 5.51. The Hall–Kier alpha value is -1.66. The van der Waals surface area contributed by atoms with Crippen LogP contribution in [0.1, 0.15) is 483 Å². The van der Waals surface area contributed by atoms with Crippen LogP contribution in [0.5, 0.6) is 0 Å². The normalized spacial score (nSPS) is 12.5. The van der Waals surface area contributed by atoms with Gasteiger partial charge in [0.15, 0.2) is 0 Å². The number of nitrogens with one attached hydrogen (secondary N) is 1. The van der Waals surface area contributed by atoms with E-state index in [1.54, 1.807) is 6.08 Å². The lowest BCUT2D eigenvalue weighted by Gasteiger charge is -2.20. The van der Waals surface area contributed by atoms with E-state index in [1.807, 2.05) is 6.08 Å². The molecule has 0 aliphatic heterocycles. The lowest BCUT2D eigenvalue weighted by molar-refractivity contribution is -0.143. The molecule has 91 heavy (non-hydrogen) atoms. The first-order chi connectivity index (χ1) is 45.0. The van der Waals surface area contributed by atoms with Crippen molar-refractivity contribution in [1.29, 1.82) is 0 Å². The molecule has 0 radical (unpaired) electrons. The van der Waals surface area contributed by atoms with E-state index < -0.39 is 12.1 Å². The fourth-order valence-corrected chi connectivity index (χ4v) is 13.6.